The van der Waals surface area contributed by atoms with Crippen LogP contribution in [-0.4, -0.2) is 24.8 Å². The molecule has 30 heavy (non-hydrogen) atoms. The van der Waals surface area contributed by atoms with Gasteiger partial charge in [0.25, 0.3) is 5.91 Å². The molecular weight excluding hydrogens is 400 g/mol. The summed E-state index contributed by atoms with van der Waals surface area (Å²) in [6.07, 6.45) is 8.36. The van der Waals surface area contributed by atoms with Gasteiger partial charge < -0.3 is 9.47 Å². The van der Waals surface area contributed by atoms with Gasteiger partial charge in [-0.25, -0.2) is 5.43 Å². The number of unbranched alkanes of at least 4 members (excludes halogenated alkanes) is 5. The van der Waals surface area contributed by atoms with Crippen LogP contribution in [0.1, 0.15) is 57.9 Å². The lowest BCUT2D eigenvalue weighted by atomic mass is 10.1. The minimum absolute atomic E-state index is 0.342. The van der Waals surface area contributed by atoms with Crippen molar-refractivity contribution in [1.29, 1.82) is 0 Å². The lowest BCUT2D eigenvalue weighted by Gasteiger charge is -2.12. The third-order valence-electron chi connectivity index (χ3n) is 4.51. The SMILES string of the molecule is CCCCCCCCOc1ccc(/C=N\NC(=O)[C@H](C)Oc2cccc(Cl)c2)cc1. The third kappa shape index (κ3) is 9.31. The lowest BCUT2D eigenvalue weighted by molar-refractivity contribution is -0.127. The van der Waals surface area contributed by atoms with E-state index in [2.05, 4.69) is 17.5 Å². The molecule has 0 saturated heterocycles. The number of amides is 1. The summed E-state index contributed by atoms with van der Waals surface area (Å²) < 4.78 is 11.3. The molecule has 2 aromatic rings. The van der Waals surface area contributed by atoms with Crippen molar-refractivity contribution in [2.75, 3.05) is 6.61 Å². The van der Waals surface area contributed by atoms with Crippen LogP contribution in [0.3, 0.4) is 0 Å². The average molecular weight is 431 g/mol. The van der Waals surface area contributed by atoms with Gasteiger partial charge in [-0.15, -0.1) is 0 Å². The molecule has 0 aliphatic rings. The van der Waals surface area contributed by atoms with E-state index in [1.54, 1.807) is 37.4 Å². The number of carbonyl (C=O) groups is 1. The van der Waals surface area contributed by atoms with Crippen LogP contribution in [-0.2, 0) is 4.79 Å². The van der Waals surface area contributed by atoms with Gasteiger partial charge in [0, 0.05) is 5.02 Å². The van der Waals surface area contributed by atoms with Gasteiger partial charge in [0.1, 0.15) is 11.5 Å². The number of carbonyl (C=O) groups excluding carboxylic acids is 1. The second-order valence-electron chi connectivity index (χ2n) is 7.14. The molecule has 0 bridgehead atoms. The Labute approximate surface area is 184 Å². The standard InChI is InChI=1S/C24H31ClN2O3/c1-3-4-5-6-7-8-16-29-22-14-12-20(13-15-22)18-26-27-24(28)19(2)30-23-11-9-10-21(25)17-23/h9-15,17-19H,3-8,16H2,1-2H3,(H,27,28)/b26-18-/t19-/m0/s1. The number of hydrogen-bond donors (Lipinski definition) is 1. The van der Waals surface area contributed by atoms with Gasteiger partial charge in [-0.1, -0.05) is 56.7 Å². The predicted octanol–water partition coefficient (Wildman–Crippen LogP) is 6.00. The van der Waals surface area contributed by atoms with E-state index in [1.807, 2.05) is 24.3 Å². The van der Waals surface area contributed by atoms with Crippen molar-refractivity contribution < 1.29 is 14.3 Å². The monoisotopic (exact) mass is 430 g/mol. The van der Waals surface area contributed by atoms with E-state index in [9.17, 15) is 4.79 Å². The lowest BCUT2D eigenvalue weighted by Crippen LogP contribution is -2.33. The zero-order chi connectivity index (χ0) is 21.6. The smallest absolute Gasteiger partial charge is 0.280 e. The zero-order valence-electron chi connectivity index (χ0n) is 17.8. The Kier molecular flexibility index (Phi) is 10.8. The van der Waals surface area contributed by atoms with E-state index in [1.165, 1.54) is 32.1 Å². The Balaban J connectivity index is 1.68. The molecule has 0 spiro atoms. The predicted molar refractivity (Wildman–Crippen MR) is 123 cm³/mol. The van der Waals surface area contributed by atoms with Gasteiger partial charge in [-0.2, -0.15) is 5.10 Å². The summed E-state index contributed by atoms with van der Waals surface area (Å²) in [6, 6.07) is 14.5. The second-order valence-corrected chi connectivity index (χ2v) is 7.57. The van der Waals surface area contributed by atoms with Crippen LogP contribution in [0.25, 0.3) is 0 Å². The topological polar surface area (TPSA) is 59.9 Å². The van der Waals surface area contributed by atoms with Gasteiger partial charge >= 0.3 is 0 Å². The summed E-state index contributed by atoms with van der Waals surface area (Å²) in [5.74, 6) is 1.03. The molecule has 0 aliphatic carbocycles. The average Bonchev–Trinajstić information content (AvgIpc) is 2.74. The van der Waals surface area contributed by atoms with Crippen LogP contribution in [0.4, 0.5) is 0 Å². The number of halogens is 1. The van der Waals surface area contributed by atoms with Crippen molar-refractivity contribution in [2.24, 2.45) is 5.10 Å². The highest BCUT2D eigenvalue weighted by Gasteiger charge is 2.13. The van der Waals surface area contributed by atoms with Gasteiger partial charge in [-0.05, 0) is 61.4 Å². The number of rotatable bonds is 13. The first-order chi connectivity index (χ1) is 14.6. The third-order valence-corrected chi connectivity index (χ3v) is 4.75. The molecule has 0 aromatic heterocycles. The summed E-state index contributed by atoms with van der Waals surface area (Å²) in [6.45, 7) is 4.62. The second kappa shape index (κ2) is 13.6. The molecule has 2 rings (SSSR count). The maximum atomic E-state index is 12.1. The number of hydrogen-bond acceptors (Lipinski definition) is 4. The van der Waals surface area contributed by atoms with Crippen LogP contribution in [0.15, 0.2) is 53.6 Å². The van der Waals surface area contributed by atoms with Gasteiger partial charge in [0.15, 0.2) is 6.10 Å². The molecule has 2 aromatic carbocycles. The Morgan fingerprint density at radius 2 is 1.80 bits per heavy atom. The molecule has 1 amide bonds. The molecule has 0 aliphatic heterocycles. The van der Waals surface area contributed by atoms with Crippen molar-refractivity contribution in [3.05, 3.63) is 59.1 Å². The first-order valence-electron chi connectivity index (χ1n) is 10.6. The van der Waals surface area contributed by atoms with Crippen molar-refractivity contribution >= 4 is 23.7 Å². The fourth-order valence-electron chi connectivity index (χ4n) is 2.78. The van der Waals surface area contributed by atoms with Crippen LogP contribution in [0.5, 0.6) is 11.5 Å². The van der Waals surface area contributed by atoms with Crippen molar-refractivity contribution in [3.63, 3.8) is 0 Å². The van der Waals surface area contributed by atoms with Crippen molar-refractivity contribution in [1.82, 2.24) is 5.43 Å². The normalized spacial score (nSPS) is 12.0. The van der Waals surface area contributed by atoms with Crippen LogP contribution >= 0.6 is 11.6 Å². The fraction of sp³-hybridized carbons (Fsp3) is 0.417. The fourth-order valence-corrected chi connectivity index (χ4v) is 2.96. The Hall–Kier alpha value is -2.53. The highest BCUT2D eigenvalue weighted by atomic mass is 35.5. The number of ether oxygens (including phenoxy) is 2. The highest BCUT2D eigenvalue weighted by molar-refractivity contribution is 6.30. The minimum Gasteiger partial charge on any atom is -0.494 e. The zero-order valence-corrected chi connectivity index (χ0v) is 18.5. The number of benzene rings is 2. The Morgan fingerprint density at radius 1 is 1.07 bits per heavy atom. The molecule has 1 atom stereocenters. The molecule has 0 fully saturated rings. The largest absolute Gasteiger partial charge is 0.494 e. The highest BCUT2D eigenvalue weighted by Crippen LogP contribution is 2.18. The minimum atomic E-state index is -0.696. The molecular formula is C24H31ClN2O3. The van der Waals surface area contributed by atoms with E-state index >= 15 is 0 Å². The van der Waals surface area contributed by atoms with Crippen LogP contribution in [0.2, 0.25) is 5.02 Å². The summed E-state index contributed by atoms with van der Waals surface area (Å²) in [7, 11) is 0. The van der Waals surface area contributed by atoms with Gasteiger partial charge in [0.2, 0.25) is 0 Å². The number of nitrogens with zero attached hydrogens (tertiary/aromatic N) is 1. The maximum absolute atomic E-state index is 12.1. The summed E-state index contributed by atoms with van der Waals surface area (Å²) >= 11 is 5.92. The van der Waals surface area contributed by atoms with E-state index in [4.69, 9.17) is 21.1 Å². The molecule has 1 N–H and O–H groups in total. The molecule has 0 heterocycles. The summed E-state index contributed by atoms with van der Waals surface area (Å²) in [4.78, 5) is 12.1. The van der Waals surface area contributed by atoms with Crippen LogP contribution in [0, 0.1) is 0 Å². The Morgan fingerprint density at radius 3 is 2.53 bits per heavy atom. The quantitative estimate of drug-likeness (QED) is 0.241. The van der Waals surface area contributed by atoms with E-state index in [-0.39, 0.29) is 5.91 Å². The molecule has 0 saturated carbocycles. The van der Waals surface area contributed by atoms with E-state index in [0.717, 1.165) is 24.3 Å². The Bertz CT molecular complexity index is 793. The van der Waals surface area contributed by atoms with Gasteiger partial charge in [-0.3, -0.25) is 4.79 Å². The van der Waals surface area contributed by atoms with Crippen molar-refractivity contribution in [3.8, 4) is 11.5 Å². The molecule has 5 nitrogen and oxygen atoms in total. The number of hydrazone groups is 1. The van der Waals surface area contributed by atoms with E-state index in [0.29, 0.717) is 10.8 Å². The maximum Gasteiger partial charge on any atom is 0.280 e. The first-order valence-corrected chi connectivity index (χ1v) is 10.9. The molecule has 0 radical (unpaired) electrons. The molecule has 0 unspecified atom stereocenters. The number of nitrogens with one attached hydrogen (secondary N) is 1. The van der Waals surface area contributed by atoms with Crippen LogP contribution < -0.4 is 14.9 Å². The summed E-state index contributed by atoms with van der Waals surface area (Å²) in [5.41, 5.74) is 3.35. The summed E-state index contributed by atoms with van der Waals surface area (Å²) in [5, 5.41) is 4.54. The molecule has 162 valence electrons. The van der Waals surface area contributed by atoms with Gasteiger partial charge in [0.05, 0.1) is 12.8 Å². The molecule has 6 heteroatoms. The van der Waals surface area contributed by atoms with Crippen molar-refractivity contribution in [2.45, 2.75) is 58.5 Å². The van der Waals surface area contributed by atoms with E-state index < -0.39 is 6.10 Å². The first kappa shape index (κ1) is 23.7.